The summed E-state index contributed by atoms with van der Waals surface area (Å²) in [5.41, 5.74) is 7.30. The normalized spacial score (nSPS) is 13.3. The van der Waals surface area contributed by atoms with Crippen LogP contribution in [0.5, 0.6) is 0 Å². The van der Waals surface area contributed by atoms with Crippen LogP contribution in [0.3, 0.4) is 0 Å². The molecule has 1 aromatic carbocycles. The van der Waals surface area contributed by atoms with E-state index in [2.05, 4.69) is 25.7 Å². The Morgan fingerprint density at radius 2 is 1.94 bits per heavy atom. The van der Waals surface area contributed by atoms with Gasteiger partial charge in [-0.15, -0.1) is 0 Å². The molecule has 1 aromatic rings. The van der Waals surface area contributed by atoms with Crippen molar-refractivity contribution in [2.75, 3.05) is 7.05 Å². The minimum Gasteiger partial charge on any atom is -0.326 e. The highest BCUT2D eigenvalue weighted by molar-refractivity contribution is 5.25. The predicted molar refractivity (Wildman–Crippen MR) is 74.7 cm³/mol. The molecule has 0 aliphatic carbocycles. The van der Waals surface area contributed by atoms with Gasteiger partial charge in [0.2, 0.25) is 0 Å². The van der Waals surface area contributed by atoms with Gasteiger partial charge in [0, 0.05) is 24.7 Å². The van der Waals surface area contributed by atoms with Gasteiger partial charge >= 0.3 is 0 Å². The molecule has 0 saturated carbocycles. The largest absolute Gasteiger partial charge is 0.326 e. The molecule has 0 aromatic heterocycles. The second kappa shape index (κ2) is 6.86. The fraction of sp³-hybridized carbons (Fsp3) is 0.600. The fourth-order valence-corrected chi connectivity index (χ4v) is 2.16. The Hall–Kier alpha value is -0.930. The number of nitrogens with zero attached hydrogens (tertiary/aromatic N) is 1. The highest BCUT2D eigenvalue weighted by atomic mass is 19.1. The molecule has 0 fully saturated rings. The van der Waals surface area contributed by atoms with Crippen molar-refractivity contribution in [2.24, 2.45) is 11.7 Å². The smallest absolute Gasteiger partial charge is 0.127 e. The summed E-state index contributed by atoms with van der Waals surface area (Å²) in [6.45, 7) is 7.69. The summed E-state index contributed by atoms with van der Waals surface area (Å²) in [5, 5.41) is 0. The Bertz CT molecular complexity index is 377. The maximum Gasteiger partial charge on any atom is 0.127 e. The van der Waals surface area contributed by atoms with Gasteiger partial charge in [-0.1, -0.05) is 26.0 Å². The van der Waals surface area contributed by atoms with Crippen molar-refractivity contribution < 1.29 is 4.39 Å². The van der Waals surface area contributed by atoms with E-state index in [1.807, 2.05) is 13.1 Å². The van der Waals surface area contributed by atoms with Crippen LogP contribution in [0.1, 0.15) is 38.3 Å². The lowest BCUT2D eigenvalue weighted by molar-refractivity contribution is 0.218. The van der Waals surface area contributed by atoms with Crippen LogP contribution in [0.15, 0.2) is 18.2 Å². The van der Waals surface area contributed by atoms with E-state index in [-0.39, 0.29) is 5.82 Å². The topological polar surface area (TPSA) is 29.3 Å². The first-order chi connectivity index (χ1) is 8.43. The highest BCUT2D eigenvalue weighted by Crippen LogP contribution is 2.16. The minimum absolute atomic E-state index is 0.143. The van der Waals surface area contributed by atoms with Gasteiger partial charge in [-0.2, -0.15) is 0 Å². The van der Waals surface area contributed by atoms with Gasteiger partial charge in [-0.25, -0.2) is 4.39 Å². The number of hydrogen-bond donors (Lipinski definition) is 1. The molecule has 2 nitrogen and oxygen atoms in total. The van der Waals surface area contributed by atoms with Crippen molar-refractivity contribution in [1.29, 1.82) is 0 Å². The molecule has 0 spiro atoms. The van der Waals surface area contributed by atoms with Crippen molar-refractivity contribution in [3.8, 4) is 0 Å². The lowest BCUT2D eigenvalue weighted by atomic mass is 10.0. The molecule has 0 heterocycles. The van der Waals surface area contributed by atoms with E-state index in [1.54, 1.807) is 6.07 Å². The van der Waals surface area contributed by atoms with E-state index in [9.17, 15) is 4.39 Å². The third kappa shape index (κ3) is 4.39. The van der Waals surface area contributed by atoms with Gasteiger partial charge in [0.25, 0.3) is 0 Å². The molecule has 1 atom stereocenters. The number of nitrogens with two attached hydrogens (primary N) is 1. The van der Waals surface area contributed by atoms with E-state index in [0.717, 1.165) is 17.5 Å². The summed E-state index contributed by atoms with van der Waals surface area (Å²) >= 11 is 0. The van der Waals surface area contributed by atoms with Crippen LogP contribution in [0, 0.1) is 11.7 Å². The van der Waals surface area contributed by atoms with Crippen LogP contribution < -0.4 is 5.73 Å². The van der Waals surface area contributed by atoms with Gasteiger partial charge in [-0.05, 0) is 37.9 Å². The molecule has 0 aliphatic heterocycles. The first-order valence-corrected chi connectivity index (χ1v) is 6.61. The lowest BCUT2D eigenvalue weighted by Gasteiger charge is -2.26. The summed E-state index contributed by atoms with van der Waals surface area (Å²) in [5.74, 6) is 0.512. The molecule has 1 rings (SSSR count). The SMILES string of the molecule is CC(C)CC(C)N(C)Cc1cc(CN)ccc1F. The number of benzene rings is 1. The molecule has 0 saturated heterocycles. The van der Waals surface area contributed by atoms with Crippen LogP contribution in [0.2, 0.25) is 0 Å². The second-order valence-corrected chi connectivity index (χ2v) is 5.52. The Morgan fingerprint density at radius 3 is 2.50 bits per heavy atom. The third-order valence-corrected chi connectivity index (χ3v) is 3.33. The monoisotopic (exact) mass is 252 g/mol. The van der Waals surface area contributed by atoms with E-state index < -0.39 is 0 Å². The molecule has 0 radical (unpaired) electrons. The van der Waals surface area contributed by atoms with Gasteiger partial charge in [-0.3, -0.25) is 4.90 Å². The maximum atomic E-state index is 13.7. The molecule has 2 N–H and O–H groups in total. The molecule has 18 heavy (non-hydrogen) atoms. The fourth-order valence-electron chi connectivity index (χ4n) is 2.16. The summed E-state index contributed by atoms with van der Waals surface area (Å²) in [6, 6.07) is 5.58. The number of halogens is 1. The van der Waals surface area contributed by atoms with Crippen molar-refractivity contribution in [3.05, 3.63) is 35.1 Å². The maximum absolute atomic E-state index is 13.7. The Kier molecular flexibility index (Phi) is 5.76. The minimum atomic E-state index is -0.143. The van der Waals surface area contributed by atoms with Gasteiger partial charge in [0.15, 0.2) is 0 Å². The summed E-state index contributed by atoms with van der Waals surface area (Å²) < 4.78 is 13.7. The summed E-state index contributed by atoms with van der Waals surface area (Å²) in [4.78, 5) is 2.19. The van der Waals surface area contributed by atoms with E-state index in [1.165, 1.54) is 6.07 Å². The molecule has 102 valence electrons. The first-order valence-electron chi connectivity index (χ1n) is 6.61. The Morgan fingerprint density at radius 1 is 1.28 bits per heavy atom. The Labute approximate surface area is 110 Å². The Balaban J connectivity index is 2.71. The number of hydrogen-bond acceptors (Lipinski definition) is 2. The second-order valence-electron chi connectivity index (χ2n) is 5.52. The molecule has 0 bridgehead atoms. The highest BCUT2D eigenvalue weighted by Gasteiger charge is 2.13. The zero-order chi connectivity index (χ0) is 13.7. The number of rotatable bonds is 6. The zero-order valence-corrected chi connectivity index (χ0v) is 11.9. The molecule has 0 amide bonds. The van der Waals surface area contributed by atoms with Crippen molar-refractivity contribution in [3.63, 3.8) is 0 Å². The van der Waals surface area contributed by atoms with Crippen LogP contribution in [-0.2, 0) is 13.1 Å². The molecular formula is C15H25FN2. The molecule has 3 heteroatoms. The van der Waals surface area contributed by atoms with Crippen LogP contribution in [0.4, 0.5) is 4.39 Å². The predicted octanol–water partition coefficient (Wildman–Crippen LogP) is 3.15. The third-order valence-electron chi connectivity index (χ3n) is 3.33. The van der Waals surface area contributed by atoms with Crippen molar-refractivity contribution in [1.82, 2.24) is 4.90 Å². The van der Waals surface area contributed by atoms with Crippen LogP contribution in [-0.4, -0.2) is 18.0 Å². The quantitative estimate of drug-likeness (QED) is 0.842. The standard InChI is InChI=1S/C15H25FN2/c1-11(2)7-12(3)18(4)10-14-8-13(9-17)5-6-15(14)16/h5-6,8,11-12H,7,9-10,17H2,1-4H3. The lowest BCUT2D eigenvalue weighted by Crippen LogP contribution is -2.30. The average Bonchev–Trinajstić information content (AvgIpc) is 2.31. The van der Waals surface area contributed by atoms with Gasteiger partial charge < -0.3 is 5.73 Å². The van der Waals surface area contributed by atoms with Crippen molar-refractivity contribution >= 4 is 0 Å². The first kappa shape index (κ1) is 15.1. The van der Waals surface area contributed by atoms with Crippen LogP contribution >= 0.6 is 0 Å². The summed E-state index contributed by atoms with van der Waals surface area (Å²) in [6.07, 6.45) is 1.12. The van der Waals surface area contributed by atoms with Crippen LogP contribution in [0.25, 0.3) is 0 Å². The summed E-state index contributed by atoms with van der Waals surface area (Å²) in [7, 11) is 2.04. The molecular weight excluding hydrogens is 227 g/mol. The molecule has 1 unspecified atom stereocenters. The van der Waals surface area contributed by atoms with Crippen molar-refractivity contribution in [2.45, 2.75) is 46.3 Å². The molecule has 0 aliphatic rings. The van der Waals surface area contributed by atoms with Gasteiger partial charge in [0.1, 0.15) is 5.82 Å². The van der Waals surface area contributed by atoms with E-state index in [0.29, 0.717) is 25.0 Å². The average molecular weight is 252 g/mol. The zero-order valence-electron chi connectivity index (χ0n) is 11.9. The van der Waals surface area contributed by atoms with E-state index >= 15 is 0 Å². The van der Waals surface area contributed by atoms with E-state index in [4.69, 9.17) is 5.73 Å². The van der Waals surface area contributed by atoms with Gasteiger partial charge in [0.05, 0.1) is 0 Å².